The van der Waals surface area contributed by atoms with Crippen molar-refractivity contribution in [3.8, 4) is 0 Å². The molecule has 0 saturated heterocycles. The molecule has 0 amide bonds. The van der Waals surface area contributed by atoms with E-state index in [1.807, 2.05) is 6.92 Å². The van der Waals surface area contributed by atoms with Gasteiger partial charge in [0.1, 0.15) is 0 Å². The Labute approximate surface area is 148 Å². The Balaban J connectivity index is 3.32. The van der Waals surface area contributed by atoms with Crippen LogP contribution >= 0.6 is 0 Å². The van der Waals surface area contributed by atoms with Crippen LogP contribution in [0.25, 0.3) is 0 Å². The minimum absolute atomic E-state index is 0.139. The van der Waals surface area contributed by atoms with Crippen molar-refractivity contribution >= 4 is 11.9 Å². The molecule has 4 nitrogen and oxygen atoms in total. The molecule has 142 valence electrons. The van der Waals surface area contributed by atoms with Gasteiger partial charge in [0.15, 0.2) is 0 Å². The predicted molar refractivity (Wildman–Crippen MR) is 98.1 cm³/mol. The molecule has 0 aliphatic heterocycles. The first-order valence-electron chi connectivity index (χ1n) is 9.97. The van der Waals surface area contributed by atoms with Crippen LogP contribution in [0.3, 0.4) is 0 Å². The van der Waals surface area contributed by atoms with Crippen molar-refractivity contribution in [2.24, 2.45) is 0 Å². The summed E-state index contributed by atoms with van der Waals surface area (Å²) in [5, 5.41) is 8.57. The van der Waals surface area contributed by atoms with Crippen molar-refractivity contribution in [1.29, 1.82) is 0 Å². The van der Waals surface area contributed by atoms with E-state index in [1.165, 1.54) is 57.8 Å². The Kier molecular flexibility index (Phi) is 16.0. The highest BCUT2D eigenvalue weighted by Gasteiger charge is 2.09. The van der Waals surface area contributed by atoms with Gasteiger partial charge in [0.05, 0.1) is 6.10 Å². The SMILES string of the molecule is CCCCCCCCCCCCCC(=O)OC(C)CCCC(=O)O. The lowest BCUT2D eigenvalue weighted by atomic mass is 10.1. The molecule has 0 fully saturated rings. The summed E-state index contributed by atoms with van der Waals surface area (Å²) in [5.41, 5.74) is 0. The van der Waals surface area contributed by atoms with E-state index in [9.17, 15) is 9.59 Å². The molecule has 1 atom stereocenters. The van der Waals surface area contributed by atoms with E-state index in [0.29, 0.717) is 19.3 Å². The van der Waals surface area contributed by atoms with E-state index < -0.39 is 5.97 Å². The minimum Gasteiger partial charge on any atom is -0.481 e. The Morgan fingerprint density at radius 3 is 1.79 bits per heavy atom. The smallest absolute Gasteiger partial charge is 0.306 e. The number of carbonyl (C=O) groups is 2. The van der Waals surface area contributed by atoms with Crippen molar-refractivity contribution in [1.82, 2.24) is 0 Å². The number of hydrogen-bond acceptors (Lipinski definition) is 3. The lowest BCUT2D eigenvalue weighted by molar-refractivity contribution is -0.148. The molecule has 0 aliphatic rings. The largest absolute Gasteiger partial charge is 0.481 e. The number of carbonyl (C=O) groups excluding carboxylic acids is 1. The normalized spacial score (nSPS) is 12.1. The monoisotopic (exact) mass is 342 g/mol. The standard InChI is InChI=1S/C20H38O4/c1-3-4-5-6-7-8-9-10-11-12-13-17-20(23)24-18(2)15-14-16-19(21)22/h18H,3-17H2,1-2H3,(H,21,22). The number of rotatable bonds is 17. The number of unbranched alkanes of at least 4 members (excludes halogenated alkanes) is 10. The van der Waals surface area contributed by atoms with Gasteiger partial charge in [-0.05, 0) is 26.2 Å². The number of esters is 1. The third-order valence-corrected chi connectivity index (χ3v) is 4.32. The molecule has 0 aliphatic carbocycles. The summed E-state index contributed by atoms with van der Waals surface area (Å²) >= 11 is 0. The molecule has 24 heavy (non-hydrogen) atoms. The van der Waals surface area contributed by atoms with Gasteiger partial charge in [-0.2, -0.15) is 0 Å². The zero-order chi connectivity index (χ0) is 18.0. The number of ether oxygens (including phenoxy) is 1. The van der Waals surface area contributed by atoms with Crippen LogP contribution < -0.4 is 0 Å². The third-order valence-electron chi connectivity index (χ3n) is 4.32. The van der Waals surface area contributed by atoms with Gasteiger partial charge in [-0.3, -0.25) is 9.59 Å². The number of carboxylic acids is 1. The number of carboxylic acid groups (broad SMARTS) is 1. The quantitative estimate of drug-likeness (QED) is 0.265. The topological polar surface area (TPSA) is 63.6 Å². The fourth-order valence-corrected chi connectivity index (χ4v) is 2.82. The fraction of sp³-hybridized carbons (Fsp3) is 0.900. The van der Waals surface area contributed by atoms with Crippen molar-refractivity contribution < 1.29 is 19.4 Å². The van der Waals surface area contributed by atoms with E-state index in [2.05, 4.69) is 6.92 Å². The van der Waals surface area contributed by atoms with Crippen molar-refractivity contribution in [2.75, 3.05) is 0 Å². The van der Waals surface area contributed by atoms with Crippen LogP contribution in [-0.2, 0) is 14.3 Å². The molecular formula is C20H38O4. The van der Waals surface area contributed by atoms with Crippen LogP contribution in [0.1, 0.15) is 110 Å². The zero-order valence-corrected chi connectivity index (χ0v) is 15.9. The molecule has 1 unspecified atom stereocenters. The van der Waals surface area contributed by atoms with Gasteiger partial charge in [0.2, 0.25) is 0 Å². The van der Waals surface area contributed by atoms with Gasteiger partial charge >= 0.3 is 11.9 Å². The average Bonchev–Trinajstić information content (AvgIpc) is 2.52. The van der Waals surface area contributed by atoms with E-state index in [4.69, 9.17) is 9.84 Å². The Morgan fingerprint density at radius 1 is 0.792 bits per heavy atom. The molecule has 0 spiro atoms. The zero-order valence-electron chi connectivity index (χ0n) is 15.9. The van der Waals surface area contributed by atoms with Crippen LogP contribution in [0.4, 0.5) is 0 Å². The summed E-state index contributed by atoms with van der Waals surface area (Å²) in [6.07, 6.45) is 15.6. The second-order valence-electron chi connectivity index (χ2n) is 6.87. The molecule has 0 rings (SSSR count). The van der Waals surface area contributed by atoms with E-state index in [1.54, 1.807) is 0 Å². The fourth-order valence-electron chi connectivity index (χ4n) is 2.82. The molecule has 0 aromatic rings. The summed E-state index contributed by atoms with van der Waals surface area (Å²) in [5.74, 6) is -0.941. The molecule has 4 heteroatoms. The molecule has 0 heterocycles. The van der Waals surface area contributed by atoms with Crippen molar-refractivity contribution in [3.05, 3.63) is 0 Å². The first-order valence-corrected chi connectivity index (χ1v) is 9.97. The maximum Gasteiger partial charge on any atom is 0.306 e. The van der Waals surface area contributed by atoms with E-state index in [0.717, 1.165) is 12.8 Å². The van der Waals surface area contributed by atoms with Gasteiger partial charge in [-0.15, -0.1) is 0 Å². The van der Waals surface area contributed by atoms with E-state index in [-0.39, 0.29) is 18.5 Å². The summed E-state index contributed by atoms with van der Waals surface area (Å²) in [6, 6.07) is 0. The highest BCUT2D eigenvalue weighted by atomic mass is 16.5. The Hall–Kier alpha value is -1.06. The van der Waals surface area contributed by atoms with E-state index >= 15 is 0 Å². The Bertz CT molecular complexity index is 315. The minimum atomic E-state index is -0.797. The maximum absolute atomic E-state index is 11.7. The van der Waals surface area contributed by atoms with Crippen LogP contribution in [-0.4, -0.2) is 23.1 Å². The average molecular weight is 343 g/mol. The van der Waals surface area contributed by atoms with Gasteiger partial charge < -0.3 is 9.84 Å². The molecular weight excluding hydrogens is 304 g/mol. The summed E-state index contributed by atoms with van der Waals surface area (Å²) < 4.78 is 5.29. The second-order valence-corrected chi connectivity index (χ2v) is 6.87. The Morgan fingerprint density at radius 2 is 1.29 bits per heavy atom. The lowest BCUT2D eigenvalue weighted by Crippen LogP contribution is -2.15. The third kappa shape index (κ3) is 17.3. The van der Waals surface area contributed by atoms with Crippen LogP contribution in [0.2, 0.25) is 0 Å². The lowest BCUT2D eigenvalue weighted by Gasteiger charge is -2.12. The van der Waals surface area contributed by atoms with Crippen LogP contribution in [0.5, 0.6) is 0 Å². The summed E-state index contributed by atoms with van der Waals surface area (Å²) in [6.45, 7) is 4.08. The number of aliphatic carboxylic acids is 1. The number of hydrogen-bond donors (Lipinski definition) is 1. The van der Waals surface area contributed by atoms with Crippen LogP contribution in [0, 0.1) is 0 Å². The molecule has 0 radical (unpaired) electrons. The molecule has 0 bridgehead atoms. The van der Waals surface area contributed by atoms with Gasteiger partial charge in [-0.25, -0.2) is 0 Å². The molecule has 0 aromatic carbocycles. The maximum atomic E-state index is 11.7. The highest BCUT2D eigenvalue weighted by Crippen LogP contribution is 2.13. The van der Waals surface area contributed by atoms with Crippen molar-refractivity contribution in [2.45, 2.75) is 116 Å². The second kappa shape index (κ2) is 16.8. The summed E-state index contributed by atoms with van der Waals surface area (Å²) in [4.78, 5) is 22.1. The first-order chi connectivity index (χ1) is 11.6. The predicted octanol–water partition coefficient (Wildman–Crippen LogP) is 5.87. The van der Waals surface area contributed by atoms with Gasteiger partial charge in [-0.1, -0.05) is 71.1 Å². The van der Waals surface area contributed by atoms with Gasteiger partial charge in [0, 0.05) is 12.8 Å². The first kappa shape index (κ1) is 22.9. The molecule has 0 aromatic heterocycles. The highest BCUT2D eigenvalue weighted by molar-refractivity contribution is 5.69. The van der Waals surface area contributed by atoms with Gasteiger partial charge in [0.25, 0.3) is 0 Å². The van der Waals surface area contributed by atoms with Crippen molar-refractivity contribution in [3.63, 3.8) is 0 Å². The van der Waals surface area contributed by atoms with Crippen LogP contribution in [0.15, 0.2) is 0 Å². The summed E-state index contributed by atoms with van der Waals surface area (Å²) in [7, 11) is 0. The molecule has 0 saturated carbocycles. The molecule has 1 N–H and O–H groups in total.